The van der Waals surface area contributed by atoms with Gasteiger partial charge in [0.15, 0.2) is 5.69 Å². The van der Waals surface area contributed by atoms with Gasteiger partial charge in [-0.25, -0.2) is 13.1 Å². The molecular formula is C19H24N4O5S. The van der Waals surface area contributed by atoms with E-state index in [9.17, 15) is 18.0 Å². The van der Waals surface area contributed by atoms with E-state index in [0.717, 1.165) is 0 Å². The molecule has 1 aromatic heterocycles. The molecule has 0 bridgehead atoms. The highest BCUT2D eigenvalue weighted by molar-refractivity contribution is 7.89. The van der Waals surface area contributed by atoms with Crippen molar-refractivity contribution >= 4 is 15.8 Å². The van der Waals surface area contributed by atoms with Gasteiger partial charge in [-0.2, -0.15) is 9.40 Å². The Bertz CT molecular complexity index is 1040. The SMILES string of the molecule is C.CNC=CC(=O)c1nn(-c2ccc(S(=O)(=O)N3CCOCC3)cc2)ccc1=O. The number of ether oxygens (including phenoxy) is 1. The van der Waals surface area contributed by atoms with E-state index in [-0.39, 0.29) is 18.0 Å². The van der Waals surface area contributed by atoms with Gasteiger partial charge < -0.3 is 10.1 Å². The van der Waals surface area contributed by atoms with Crippen molar-refractivity contribution < 1.29 is 17.9 Å². The quantitative estimate of drug-likeness (QED) is 0.544. The second kappa shape index (κ2) is 9.59. The molecule has 10 heteroatoms. The van der Waals surface area contributed by atoms with Gasteiger partial charge in [-0.1, -0.05) is 7.43 Å². The first kappa shape index (κ1) is 22.5. The zero-order chi connectivity index (χ0) is 20.1. The van der Waals surface area contributed by atoms with Crippen molar-refractivity contribution in [3.05, 3.63) is 64.7 Å². The Morgan fingerprint density at radius 3 is 2.45 bits per heavy atom. The van der Waals surface area contributed by atoms with Crippen LogP contribution in [0.25, 0.3) is 5.69 Å². The minimum atomic E-state index is -3.60. The van der Waals surface area contributed by atoms with Gasteiger partial charge in [-0.3, -0.25) is 9.59 Å². The number of ketones is 1. The van der Waals surface area contributed by atoms with Gasteiger partial charge in [0.25, 0.3) is 0 Å². The molecule has 3 rings (SSSR count). The summed E-state index contributed by atoms with van der Waals surface area (Å²) in [7, 11) is -1.96. The molecule has 9 nitrogen and oxygen atoms in total. The molecule has 0 spiro atoms. The van der Waals surface area contributed by atoms with Crippen molar-refractivity contribution in [3.8, 4) is 5.69 Å². The number of nitrogens with zero attached hydrogens (tertiary/aromatic N) is 3. The van der Waals surface area contributed by atoms with Gasteiger partial charge in [0.1, 0.15) is 0 Å². The maximum atomic E-state index is 12.7. The van der Waals surface area contributed by atoms with E-state index >= 15 is 0 Å². The van der Waals surface area contributed by atoms with Crippen LogP contribution >= 0.6 is 0 Å². The Hall–Kier alpha value is -2.82. The van der Waals surface area contributed by atoms with Gasteiger partial charge in [0.2, 0.25) is 21.2 Å². The van der Waals surface area contributed by atoms with E-state index in [0.29, 0.717) is 32.0 Å². The van der Waals surface area contributed by atoms with Crippen molar-refractivity contribution in [2.45, 2.75) is 12.3 Å². The maximum Gasteiger partial charge on any atom is 0.243 e. The first-order chi connectivity index (χ1) is 13.4. The highest BCUT2D eigenvalue weighted by Crippen LogP contribution is 2.18. The number of benzene rings is 1. The van der Waals surface area contributed by atoms with Crippen LogP contribution < -0.4 is 10.7 Å². The van der Waals surface area contributed by atoms with Gasteiger partial charge >= 0.3 is 0 Å². The van der Waals surface area contributed by atoms with Gasteiger partial charge in [-0.15, -0.1) is 0 Å². The number of morpholine rings is 1. The fourth-order valence-corrected chi connectivity index (χ4v) is 4.07. The molecule has 0 aliphatic carbocycles. The van der Waals surface area contributed by atoms with Crippen LogP contribution in [0.15, 0.2) is 58.5 Å². The smallest absolute Gasteiger partial charge is 0.243 e. The number of allylic oxidation sites excluding steroid dienone is 1. The van der Waals surface area contributed by atoms with E-state index in [4.69, 9.17) is 4.74 Å². The number of aromatic nitrogens is 2. The molecule has 1 fully saturated rings. The fraction of sp³-hybridized carbons (Fsp3) is 0.316. The first-order valence-electron chi connectivity index (χ1n) is 8.60. The van der Waals surface area contributed by atoms with Crippen LogP contribution in [-0.4, -0.2) is 61.6 Å². The van der Waals surface area contributed by atoms with Crippen LogP contribution in [-0.2, 0) is 14.8 Å². The topological polar surface area (TPSA) is 111 Å². The summed E-state index contributed by atoms with van der Waals surface area (Å²) in [4.78, 5) is 24.2. The molecule has 156 valence electrons. The average molecular weight is 420 g/mol. The predicted molar refractivity (Wildman–Crippen MR) is 109 cm³/mol. The highest BCUT2D eigenvalue weighted by Gasteiger charge is 2.26. The Kier molecular flexibility index (Phi) is 7.43. The third-order valence-corrected chi connectivity index (χ3v) is 6.06. The highest BCUT2D eigenvalue weighted by atomic mass is 32.2. The Morgan fingerprint density at radius 2 is 1.83 bits per heavy atom. The lowest BCUT2D eigenvalue weighted by atomic mass is 10.2. The van der Waals surface area contributed by atoms with Crippen LogP contribution in [0.1, 0.15) is 17.9 Å². The molecule has 2 heterocycles. The third kappa shape index (κ3) is 4.97. The number of carbonyl (C=O) groups excluding carboxylic acids is 1. The van der Waals surface area contributed by atoms with Crippen LogP contribution in [0.4, 0.5) is 0 Å². The normalized spacial score (nSPS) is 15.1. The minimum absolute atomic E-state index is 0. The lowest BCUT2D eigenvalue weighted by Gasteiger charge is -2.26. The zero-order valence-corrected chi connectivity index (χ0v) is 16.1. The van der Waals surface area contributed by atoms with E-state index in [2.05, 4.69) is 10.4 Å². The number of carbonyl (C=O) groups is 1. The Morgan fingerprint density at radius 1 is 1.17 bits per heavy atom. The summed E-state index contributed by atoms with van der Waals surface area (Å²) in [6.07, 6.45) is 4.05. The molecular weight excluding hydrogens is 396 g/mol. The molecule has 1 aliphatic heterocycles. The first-order valence-corrected chi connectivity index (χ1v) is 10.0. The number of nitrogens with one attached hydrogen (secondary N) is 1. The second-order valence-corrected chi connectivity index (χ2v) is 7.91. The summed E-state index contributed by atoms with van der Waals surface area (Å²) >= 11 is 0. The van der Waals surface area contributed by atoms with Crippen molar-refractivity contribution in [1.82, 2.24) is 19.4 Å². The Labute approximate surface area is 169 Å². The molecule has 1 N–H and O–H groups in total. The lowest BCUT2D eigenvalue weighted by Crippen LogP contribution is -2.40. The van der Waals surface area contributed by atoms with Gasteiger partial charge in [0, 0.05) is 44.7 Å². The summed E-state index contributed by atoms with van der Waals surface area (Å²) in [5.41, 5.74) is -0.194. The van der Waals surface area contributed by atoms with E-state index < -0.39 is 21.2 Å². The molecule has 0 radical (unpaired) electrons. The van der Waals surface area contributed by atoms with Crippen LogP contribution in [0.2, 0.25) is 0 Å². The second-order valence-electron chi connectivity index (χ2n) is 5.97. The monoisotopic (exact) mass is 420 g/mol. The summed E-state index contributed by atoms with van der Waals surface area (Å²) in [6.45, 7) is 1.38. The number of sulfonamides is 1. The molecule has 0 atom stereocenters. The van der Waals surface area contributed by atoms with Crippen molar-refractivity contribution in [2.24, 2.45) is 0 Å². The van der Waals surface area contributed by atoms with Crippen molar-refractivity contribution in [1.29, 1.82) is 0 Å². The molecule has 1 saturated heterocycles. The Balaban J connectivity index is 0.00000300. The van der Waals surface area contributed by atoms with E-state index in [1.54, 1.807) is 19.2 Å². The largest absolute Gasteiger partial charge is 0.394 e. The molecule has 0 amide bonds. The zero-order valence-electron chi connectivity index (χ0n) is 15.2. The van der Waals surface area contributed by atoms with Crippen LogP contribution in [0.5, 0.6) is 0 Å². The standard InChI is InChI=1S/C18H20N4O5S.CH4/c1-19-8-6-16(23)18-17(24)7-9-22(20-18)14-2-4-15(5-3-14)28(25,26)21-10-12-27-13-11-21;/h2-9,19H,10-13H2,1H3;1H4. The molecule has 0 saturated carbocycles. The summed E-state index contributed by atoms with van der Waals surface area (Å²) in [6, 6.07) is 7.33. The lowest BCUT2D eigenvalue weighted by molar-refractivity contribution is 0.0730. The molecule has 1 aliphatic rings. The maximum absolute atomic E-state index is 12.7. The average Bonchev–Trinajstić information content (AvgIpc) is 2.73. The third-order valence-electron chi connectivity index (χ3n) is 4.15. The van der Waals surface area contributed by atoms with Gasteiger partial charge in [-0.05, 0) is 24.3 Å². The number of hydrogen-bond donors (Lipinski definition) is 1. The predicted octanol–water partition coefficient (Wildman–Crippen LogP) is 0.805. The molecule has 0 unspecified atom stereocenters. The summed E-state index contributed by atoms with van der Waals surface area (Å²) in [5.74, 6) is -0.528. The van der Waals surface area contributed by atoms with Crippen molar-refractivity contribution in [3.63, 3.8) is 0 Å². The van der Waals surface area contributed by atoms with Crippen molar-refractivity contribution in [2.75, 3.05) is 33.4 Å². The van der Waals surface area contributed by atoms with Crippen LogP contribution in [0, 0.1) is 0 Å². The van der Waals surface area contributed by atoms with Crippen LogP contribution in [0.3, 0.4) is 0 Å². The summed E-state index contributed by atoms with van der Waals surface area (Å²) < 4.78 is 33.3. The summed E-state index contributed by atoms with van der Waals surface area (Å²) in [5, 5.41) is 6.75. The molecule has 1 aromatic carbocycles. The minimum Gasteiger partial charge on any atom is -0.394 e. The van der Waals surface area contributed by atoms with E-state index in [1.807, 2.05) is 0 Å². The van der Waals surface area contributed by atoms with E-state index in [1.165, 1.54) is 45.7 Å². The number of hydrogen-bond acceptors (Lipinski definition) is 7. The fourth-order valence-electron chi connectivity index (χ4n) is 2.67. The van der Waals surface area contributed by atoms with Gasteiger partial charge in [0.05, 0.1) is 23.8 Å². The number of rotatable bonds is 6. The molecule has 2 aromatic rings. The molecule has 29 heavy (non-hydrogen) atoms.